The summed E-state index contributed by atoms with van der Waals surface area (Å²) in [5.74, 6) is -16.4. The fourth-order valence-corrected chi connectivity index (χ4v) is 1.91. The van der Waals surface area contributed by atoms with E-state index >= 15 is 0 Å². The molecule has 0 fully saturated rings. The zero-order chi connectivity index (χ0) is 28.6. The Morgan fingerprint density at radius 2 is 1.22 bits per heavy atom. The van der Waals surface area contributed by atoms with Crippen LogP contribution in [0.3, 0.4) is 0 Å². The highest BCUT2D eigenvalue weighted by molar-refractivity contribution is 4.97. The molecule has 212 valence electrons. The van der Waals surface area contributed by atoms with E-state index in [1.54, 1.807) is 6.58 Å². The number of hydrogen-bond acceptors (Lipinski definition) is 5. The first-order valence-electron chi connectivity index (χ1n) is 9.11. The second-order valence-corrected chi connectivity index (χ2v) is 6.55. The Morgan fingerprint density at radius 1 is 0.722 bits per heavy atom. The Morgan fingerprint density at radius 3 is 1.64 bits per heavy atom. The van der Waals surface area contributed by atoms with Crippen molar-refractivity contribution in [2.45, 2.75) is 42.4 Å². The molecule has 0 aromatic carbocycles. The molecule has 5 nitrogen and oxygen atoms in total. The van der Waals surface area contributed by atoms with E-state index in [4.69, 9.17) is 9.47 Å². The van der Waals surface area contributed by atoms with E-state index in [0.29, 0.717) is 0 Å². The topological polar surface area (TPSA) is 46.2 Å². The highest BCUT2D eigenvalue weighted by Crippen LogP contribution is 2.53. The van der Waals surface area contributed by atoms with Gasteiger partial charge in [0.1, 0.15) is 12.7 Å². The van der Waals surface area contributed by atoms with Crippen molar-refractivity contribution in [1.29, 1.82) is 0 Å². The molecule has 3 unspecified atom stereocenters. The van der Waals surface area contributed by atoms with Crippen LogP contribution in [0.1, 0.15) is 0 Å². The molecule has 0 aliphatic carbocycles. The molecule has 0 radical (unpaired) electrons. The fourth-order valence-electron chi connectivity index (χ4n) is 1.91. The van der Waals surface area contributed by atoms with Crippen LogP contribution in [0.2, 0.25) is 0 Å². The molecule has 36 heavy (non-hydrogen) atoms. The summed E-state index contributed by atoms with van der Waals surface area (Å²) in [5, 5.41) is 0. The molecule has 0 aliphatic heterocycles. The van der Waals surface area contributed by atoms with Gasteiger partial charge in [0.05, 0.1) is 26.4 Å². The zero-order valence-electron chi connectivity index (χ0n) is 17.8. The van der Waals surface area contributed by atoms with Gasteiger partial charge >= 0.3 is 36.3 Å². The van der Waals surface area contributed by atoms with Crippen LogP contribution in [0.25, 0.3) is 0 Å². The maximum absolute atomic E-state index is 14.4. The molecule has 0 amide bonds. The van der Waals surface area contributed by atoms with Crippen LogP contribution in [0.4, 0.5) is 57.1 Å². The zero-order valence-corrected chi connectivity index (χ0v) is 17.8. The third kappa shape index (κ3) is 8.89. The Labute approximate surface area is 195 Å². The SMILES string of the molecule is C=CCOCC(COCC(F)(OC(F)(F)C(F)(OC(F)(F)C(=C)F)C(F)(F)F)C(F)(F)F)OCC=C. The van der Waals surface area contributed by atoms with Gasteiger partial charge in [-0.3, -0.25) is 9.47 Å². The van der Waals surface area contributed by atoms with E-state index in [1.165, 1.54) is 6.08 Å². The van der Waals surface area contributed by atoms with Crippen molar-refractivity contribution in [3.05, 3.63) is 37.7 Å². The van der Waals surface area contributed by atoms with Gasteiger partial charge in [0.2, 0.25) is 0 Å². The monoisotopic (exact) mass is 562 g/mol. The summed E-state index contributed by atoms with van der Waals surface area (Å²) in [6.07, 6.45) is -26.3. The molecule has 0 heterocycles. The lowest BCUT2D eigenvalue weighted by Crippen LogP contribution is -2.65. The van der Waals surface area contributed by atoms with Gasteiger partial charge in [-0.05, 0) is 0 Å². The van der Waals surface area contributed by atoms with Crippen LogP contribution < -0.4 is 0 Å². The van der Waals surface area contributed by atoms with Crippen molar-refractivity contribution in [2.75, 3.05) is 33.0 Å². The maximum atomic E-state index is 14.4. The van der Waals surface area contributed by atoms with Crippen molar-refractivity contribution < 1.29 is 80.8 Å². The van der Waals surface area contributed by atoms with Crippen molar-refractivity contribution in [2.24, 2.45) is 0 Å². The lowest BCUT2D eigenvalue weighted by molar-refractivity contribution is -0.529. The average molecular weight is 562 g/mol. The fraction of sp³-hybridized carbons (Fsp3) is 0.667. The molecular formula is C18H19F13O5. The van der Waals surface area contributed by atoms with Crippen molar-refractivity contribution in [3.8, 4) is 0 Å². The van der Waals surface area contributed by atoms with E-state index in [9.17, 15) is 57.1 Å². The molecule has 3 atom stereocenters. The standard InChI is InChI=1S/C18H19F13O5/c1-4-6-32-8-12(34-7-5-2)9-33-10-13(20,16(24,25)26)35-18(30,31)15(23,17(27,28)29)36-14(21,22)11(3)19/h4-5,12H,1-3,6-10H2. The largest absolute Gasteiger partial charge is 0.458 e. The lowest BCUT2D eigenvalue weighted by atomic mass is 10.2. The third-order valence-electron chi connectivity index (χ3n) is 3.62. The van der Waals surface area contributed by atoms with Gasteiger partial charge < -0.3 is 14.2 Å². The van der Waals surface area contributed by atoms with Crippen molar-refractivity contribution in [1.82, 2.24) is 0 Å². The highest BCUT2D eigenvalue weighted by atomic mass is 19.4. The average Bonchev–Trinajstić information content (AvgIpc) is 2.69. The van der Waals surface area contributed by atoms with Crippen LogP contribution >= 0.6 is 0 Å². The number of hydrogen-bond donors (Lipinski definition) is 0. The lowest BCUT2D eigenvalue weighted by Gasteiger charge is -2.39. The minimum absolute atomic E-state index is 0.120. The number of rotatable bonds is 17. The van der Waals surface area contributed by atoms with E-state index in [-0.39, 0.29) is 13.2 Å². The Kier molecular flexibility index (Phi) is 11.9. The predicted octanol–water partition coefficient (Wildman–Crippen LogP) is 5.94. The first kappa shape index (κ1) is 34.1. The number of halogens is 13. The van der Waals surface area contributed by atoms with Crippen molar-refractivity contribution in [3.63, 3.8) is 0 Å². The first-order valence-corrected chi connectivity index (χ1v) is 9.11. The summed E-state index contributed by atoms with van der Waals surface area (Å²) < 4.78 is 192. The van der Waals surface area contributed by atoms with Crippen molar-refractivity contribution >= 4 is 0 Å². The minimum atomic E-state index is -7.32. The molecule has 0 aromatic heterocycles. The quantitative estimate of drug-likeness (QED) is 0.125. The summed E-state index contributed by atoms with van der Waals surface area (Å²) in [6.45, 7) is 3.62. The minimum Gasteiger partial charge on any atom is -0.375 e. The predicted molar refractivity (Wildman–Crippen MR) is 93.9 cm³/mol. The molecule has 0 aromatic rings. The van der Waals surface area contributed by atoms with Crippen LogP contribution in [0.15, 0.2) is 37.7 Å². The molecule has 0 saturated carbocycles. The van der Waals surface area contributed by atoms with Crippen LogP contribution in [0, 0.1) is 0 Å². The summed E-state index contributed by atoms with van der Waals surface area (Å²) in [4.78, 5) is 0. The van der Waals surface area contributed by atoms with Crippen LogP contribution in [-0.4, -0.2) is 75.4 Å². The normalized spacial score (nSPS) is 17.7. The molecule has 0 aliphatic rings. The molecule has 0 bridgehead atoms. The van der Waals surface area contributed by atoms with Gasteiger partial charge in [0, 0.05) is 0 Å². The first-order chi connectivity index (χ1) is 16.1. The number of alkyl halides is 12. The Bertz CT molecular complexity index is 740. The summed E-state index contributed by atoms with van der Waals surface area (Å²) >= 11 is 0. The smallest absolute Gasteiger partial charge is 0.375 e. The van der Waals surface area contributed by atoms with E-state index < -0.39 is 68.0 Å². The van der Waals surface area contributed by atoms with Gasteiger partial charge in [-0.1, -0.05) is 18.7 Å². The number of ether oxygens (including phenoxy) is 5. The molecule has 0 N–H and O–H groups in total. The van der Waals surface area contributed by atoms with Gasteiger partial charge in [-0.25, -0.2) is 4.39 Å². The van der Waals surface area contributed by atoms with Gasteiger partial charge in [0.25, 0.3) is 0 Å². The Hall–Kier alpha value is -1.89. The molecular weight excluding hydrogens is 543 g/mol. The van der Waals surface area contributed by atoms with Crippen LogP contribution in [0.5, 0.6) is 0 Å². The Balaban J connectivity index is 5.96. The second-order valence-electron chi connectivity index (χ2n) is 6.55. The summed E-state index contributed by atoms with van der Waals surface area (Å²) in [5.41, 5.74) is 0. The van der Waals surface area contributed by atoms with Gasteiger partial charge in [-0.2, -0.15) is 52.7 Å². The summed E-state index contributed by atoms with van der Waals surface area (Å²) in [7, 11) is 0. The third-order valence-corrected chi connectivity index (χ3v) is 3.62. The second kappa shape index (κ2) is 12.6. The molecule has 0 spiro atoms. The van der Waals surface area contributed by atoms with E-state index in [2.05, 4.69) is 27.4 Å². The van der Waals surface area contributed by atoms with E-state index in [1.807, 2.05) is 0 Å². The molecule has 0 saturated heterocycles. The van der Waals surface area contributed by atoms with Gasteiger partial charge in [0.15, 0.2) is 5.83 Å². The van der Waals surface area contributed by atoms with Crippen LogP contribution in [-0.2, 0) is 23.7 Å². The molecule has 18 heteroatoms. The van der Waals surface area contributed by atoms with E-state index in [0.717, 1.165) is 6.08 Å². The summed E-state index contributed by atoms with van der Waals surface area (Å²) in [6, 6.07) is 0. The highest BCUT2D eigenvalue weighted by Gasteiger charge is 2.80. The molecule has 0 rings (SSSR count). The van der Waals surface area contributed by atoms with Gasteiger partial charge in [-0.15, -0.1) is 13.2 Å². The maximum Gasteiger partial charge on any atom is 0.458 e.